The van der Waals surface area contributed by atoms with Crippen LogP contribution in [0.2, 0.25) is 0 Å². The zero-order chi connectivity index (χ0) is 9.97. The molecule has 1 aliphatic rings. The van der Waals surface area contributed by atoms with Crippen LogP contribution in [0.15, 0.2) is 12.3 Å². The van der Waals surface area contributed by atoms with Crippen LogP contribution in [0.3, 0.4) is 0 Å². The van der Waals surface area contributed by atoms with Crippen molar-refractivity contribution in [2.75, 3.05) is 6.54 Å². The molecule has 14 heavy (non-hydrogen) atoms. The molecule has 0 amide bonds. The number of nitrogens with one attached hydrogen (secondary N) is 1. The number of rotatable bonds is 5. The monoisotopic (exact) mass is 193 g/mol. The molecule has 0 radical (unpaired) electrons. The third-order valence-corrected chi connectivity index (χ3v) is 3.09. The SMILES string of the molecule is CCn1nccc1CNCC1CC1C. The molecule has 0 spiro atoms. The molecule has 3 heteroatoms. The minimum Gasteiger partial charge on any atom is -0.311 e. The van der Waals surface area contributed by atoms with E-state index in [0.29, 0.717) is 0 Å². The van der Waals surface area contributed by atoms with Crippen molar-refractivity contribution in [3.05, 3.63) is 18.0 Å². The summed E-state index contributed by atoms with van der Waals surface area (Å²) in [5.41, 5.74) is 1.29. The first kappa shape index (κ1) is 9.71. The first-order chi connectivity index (χ1) is 6.81. The van der Waals surface area contributed by atoms with E-state index in [1.54, 1.807) is 0 Å². The van der Waals surface area contributed by atoms with E-state index in [4.69, 9.17) is 0 Å². The predicted octanol–water partition coefficient (Wildman–Crippen LogP) is 1.65. The highest BCUT2D eigenvalue weighted by Crippen LogP contribution is 2.36. The van der Waals surface area contributed by atoms with Gasteiger partial charge in [0.15, 0.2) is 0 Å². The third kappa shape index (κ3) is 2.15. The van der Waals surface area contributed by atoms with Crippen molar-refractivity contribution in [2.24, 2.45) is 11.8 Å². The van der Waals surface area contributed by atoms with E-state index in [1.165, 1.54) is 12.1 Å². The first-order valence-electron chi connectivity index (χ1n) is 5.52. The van der Waals surface area contributed by atoms with Crippen LogP contribution >= 0.6 is 0 Å². The van der Waals surface area contributed by atoms with E-state index in [1.807, 2.05) is 10.9 Å². The number of nitrogens with zero attached hydrogens (tertiary/aromatic N) is 2. The molecule has 1 aliphatic carbocycles. The van der Waals surface area contributed by atoms with Crippen LogP contribution in [0.5, 0.6) is 0 Å². The van der Waals surface area contributed by atoms with Gasteiger partial charge in [-0.3, -0.25) is 4.68 Å². The predicted molar refractivity (Wildman–Crippen MR) is 56.9 cm³/mol. The van der Waals surface area contributed by atoms with Crippen LogP contribution in [0.4, 0.5) is 0 Å². The number of aromatic nitrogens is 2. The molecule has 1 saturated carbocycles. The number of aryl methyl sites for hydroxylation is 1. The van der Waals surface area contributed by atoms with Crippen molar-refractivity contribution >= 4 is 0 Å². The van der Waals surface area contributed by atoms with Gasteiger partial charge >= 0.3 is 0 Å². The van der Waals surface area contributed by atoms with Crippen molar-refractivity contribution in [3.8, 4) is 0 Å². The second kappa shape index (κ2) is 4.13. The average molecular weight is 193 g/mol. The van der Waals surface area contributed by atoms with Gasteiger partial charge in [-0.1, -0.05) is 6.92 Å². The molecule has 2 unspecified atom stereocenters. The van der Waals surface area contributed by atoms with Gasteiger partial charge in [0, 0.05) is 19.3 Å². The minimum absolute atomic E-state index is 0.924. The number of hydrogen-bond donors (Lipinski definition) is 1. The molecule has 3 nitrogen and oxygen atoms in total. The van der Waals surface area contributed by atoms with Crippen molar-refractivity contribution in [3.63, 3.8) is 0 Å². The molecule has 0 saturated heterocycles. The summed E-state index contributed by atoms with van der Waals surface area (Å²) >= 11 is 0. The molecular formula is C11H19N3. The molecule has 78 valence electrons. The van der Waals surface area contributed by atoms with Crippen molar-refractivity contribution in [1.82, 2.24) is 15.1 Å². The standard InChI is InChI=1S/C11H19N3/c1-3-14-11(4-5-13-14)8-12-7-10-6-9(10)2/h4-5,9-10,12H,3,6-8H2,1-2H3. The Hall–Kier alpha value is -0.830. The molecule has 0 bridgehead atoms. The molecule has 1 aromatic rings. The van der Waals surface area contributed by atoms with E-state index < -0.39 is 0 Å². The van der Waals surface area contributed by atoms with Gasteiger partial charge in [0.05, 0.1) is 5.69 Å². The molecule has 2 rings (SSSR count). The Kier molecular flexibility index (Phi) is 2.87. The highest BCUT2D eigenvalue weighted by atomic mass is 15.3. The quantitative estimate of drug-likeness (QED) is 0.770. The molecule has 1 fully saturated rings. The molecular weight excluding hydrogens is 174 g/mol. The Balaban J connectivity index is 1.74. The fourth-order valence-electron chi connectivity index (χ4n) is 1.86. The third-order valence-electron chi connectivity index (χ3n) is 3.09. The first-order valence-corrected chi connectivity index (χ1v) is 5.52. The van der Waals surface area contributed by atoms with Crippen LogP contribution in [0.1, 0.15) is 26.0 Å². The summed E-state index contributed by atoms with van der Waals surface area (Å²) in [6, 6.07) is 2.09. The summed E-state index contributed by atoms with van der Waals surface area (Å²) in [5, 5.41) is 7.73. The summed E-state index contributed by atoms with van der Waals surface area (Å²) in [4.78, 5) is 0. The second-order valence-corrected chi connectivity index (χ2v) is 4.24. The van der Waals surface area contributed by atoms with Gasteiger partial charge in [0.1, 0.15) is 0 Å². The highest BCUT2D eigenvalue weighted by Gasteiger charge is 2.31. The topological polar surface area (TPSA) is 29.9 Å². The summed E-state index contributed by atoms with van der Waals surface area (Å²) in [6.45, 7) is 7.53. The summed E-state index contributed by atoms with van der Waals surface area (Å²) in [7, 11) is 0. The zero-order valence-electron chi connectivity index (χ0n) is 9.03. The van der Waals surface area contributed by atoms with Gasteiger partial charge in [-0.05, 0) is 37.8 Å². The Morgan fingerprint density at radius 2 is 2.43 bits per heavy atom. The molecule has 1 N–H and O–H groups in total. The van der Waals surface area contributed by atoms with Crippen LogP contribution in [0, 0.1) is 11.8 Å². The Labute approximate surface area is 85.5 Å². The normalized spacial score (nSPS) is 25.3. The maximum absolute atomic E-state index is 4.24. The van der Waals surface area contributed by atoms with Crippen molar-refractivity contribution in [2.45, 2.75) is 33.4 Å². The molecule has 1 aromatic heterocycles. The molecule has 1 heterocycles. The lowest BCUT2D eigenvalue weighted by atomic mass is 10.3. The Morgan fingerprint density at radius 1 is 1.64 bits per heavy atom. The summed E-state index contributed by atoms with van der Waals surface area (Å²) < 4.78 is 2.04. The van der Waals surface area contributed by atoms with Crippen LogP contribution in [0.25, 0.3) is 0 Å². The maximum Gasteiger partial charge on any atom is 0.0521 e. The van der Waals surface area contributed by atoms with Gasteiger partial charge in [-0.15, -0.1) is 0 Å². The fourth-order valence-corrected chi connectivity index (χ4v) is 1.86. The van der Waals surface area contributed by atoms with E-state index >= 15 is 0 Å². The van der Waals surface area contributed by atoms with Crippen molar-refractivity contribution < 1.29 is 0 Å². The Bertz CT molecular complexity index is 292. The largest absolute Gasteiger partial charge is 0.311 e. The van der Waals surface area contributed by atoms with E-state index in [9.17, 15) is 0 Å². The lowest BCUT2D eigenvalue weighted by Crippen LogP contribution is -2.19. The average Bonchev–Trinajstić information content (AvgIpc) is 2.72. The van der Waals surface area contributed by atoms with Gasteiger partial charge in [-0.2, -0.15) is 5.10 Å². The molecule has 2 atom stereocenters. The fraction of sp³-hybridized carbons (Fsp3) is 0.727. The summed E-state index contributed by atoms with van der Waals surface area (Å²) in [6.07, 6.45) is 3.28. The second-order valence-electron chi connectivity index (χ2n) is 4.24. The Morgan fingerprint density at radius 3 is 3.07 bits per heavy atom. The molecule has 0 aromatic carbocycles. The van der Waals surface area contributed by atoms with Gasteiger partial charge in [0.2, 0.25) is 0 Å². The van der Waals surface area contributed by atoms with Crippen LogP contribution in [-0.4, -0.2) is 16.3 Å². The van der Waals surface area contributed by atoms with Crippen LogP contribution < -0.4 is 5.32 Å². The molecule has 0 aliphatic heterocycles. The van der Waals surface area contributed by atoms with E-state index in [-0.39, 0.29) is 0 Å². The van der Waals surface area contributed by atoms with Gasteiger partial charge < -0.3 is 5.32 Å². The van der Waals surface area contributed by atoms with Gasteiger partial charge in [0.25, 0.3) is 0 Å². The maximum atomic E-state index is 4.24. The lowest BCUT2D eigenvalue weighted by molar-refractivity contribution is 0.559. The summed E-state index contributed by atoms with van der Waals surface area (Å²) in [5.74, 6) is 1.87. The van der Waals surface area contributed by atoms with Crippen LogP contribution in [-0.2, 0) is 13.1 Å². The smallest absolute Gasteiger partial charge is 0.0521 e. The highest BCUT2D eigenvalue weighted by molar-refractivity contribution is 5.00. The van der Waals surface area contributed by atoms with Gasteiger partial charge in [-0.25, -0.2) is 0 Å². The minimum atomic E-state index is 0.924. The number of hydrogen-bond acceptors (Lipinski definition) is 2. The lowest BCUT2D eigenvalue weighted by Gasteiger charge is -2.05. The van der Waals surface area contributed by atoms with E-state index in [2.05, 4.69) is 30.3 Å². The van der Waals surface area contributed by atoms with Crippen molar-refractivity contribution in [1.29, 1.82) is 0 Å². The zero-order valence-corrected chi connectivity index (χ0v) is 9.03. The van der Waals surface area contributed by atoms with E-state index in [0.717, 1.165) is 31.5 Å².